The molecule has 0 fully saturated rings. The largest absolute Gasteiger partial charge is 0.441 e. The molecule has 0 atom stereocenters. The molecule has 2 rings (SSSR count). The molecule has 142 valence electrons. The van der Waals surface area contributed by atoms with Gasteiger partial charge in [-0.15, -0.1) is 0 Å². The molecule has 6 heteroatoms. The summed E-state index contributed by atoms with van der Waals surface area (Å²) in [6, 6.07) is 7.64. The molecule has 0 aliphatic rings. The van der Waals surface area contributed by atoms with Crippen LogP contribution in [0, 0.1) is 19.8 Å². The third kappa shape index (κ3) is 5.80. The second-order valence-corrected chi connectivity index (χ2v) is 9.26. The summed E-state index contributed by atoms with van der Waals surface area (Å²) in [5.74, 6) is 0.456. The van der Waals surface area contributed by atoms with Crippen molar-refractivity contribution in [3.05, 3.63) is 41.3 Å². The van der Waals surface area contributed by atoms with Gasteiger partial charge in [-0.3, -0.25) is 4.79 Å². The minimum absolute atomic E-state index is 0.231. The number of benzene rings is 1. The zero-order valence-corrected chi connectivity index (χ0v) is 16.7. The van der Waals surface area contributed by atoms with Gasteiger partial charge in [0.1, 0.15) is 17.3 Å². The Labute approximate surface area is 155 Å². The Kier molecular flexibility index (Phi) is 6.75. The first-order chi connectivity index (χ1) is 12.2. The number of hydrogen-bond acceptors (Lipinski definition) is 5. The molecule has 1 aromatic heterocycles. The Morgan fingerprint density at radius 1 is 1.19 bits per heavy atom. The van der Waals surface area contributed by atoms with E-state index < -0.39 is 15.6 Å². The van der Waals surface area contributed by atoms with Crippen LogP contribution in [0.1, 0.15) is 50.1 Å². The monoisotopic (exact) mass is 377 g/mol. The van der Waals surface area contributed by atoms with Gasteiger partial charge in [0.25, 0.3) is 0 Å². The lowest BCUT2D eigenvalue weighted by atomic mass is 10.1. The fraction of sp³-hybridized carbons (Fsp3) is 0.500. The van der Waals surface area contributed by atoms with E-state index in [1.807, 2.05) is 31.2 Å². The Balaban J connectivity index is 2.06. The van der Waals surface area contributed by atoms with Gasteiger partial charge in [0, 0.05) is 12.0 Å². The lowest BCUT2D eigenvalue weighted by Gasteiger charge is -2.05. The fourth-order valence-electron chi connectivity index (χ4n) is 2.77. The maximum absolute atomic E-state index is 12.4. The van der Waals surface area contributed by atoms with Gasteiger partial charge < -0.3 is 4.42 Å². The minimum Gasteiger partial charge on any atom is -0.441 e. The van der Waals surface area contributed by atoms with Crippen LogP contribution in [-0.4, -0.2) is 24.9 Å². The van der Waals surface area contributed by atoms with Crippen molar-refractivity contribution in [3.8, 4) is 11.5 Å². The van der Waals surface area contributed by atoms with E-state index in [2.05, 4.69) is 18.8 Å². The predicted octanol–water partition coefficient (Wildman–Crippen LogP) is 4.27. The maximum Gasteiger partial charge on any atom is 0.226 e. The summed E-state index contributed by atoms with van der Waals surface area (Å²) >= 11 is 0. The highest BCUT2D eigenvalue weighted by atomic mass is 32.2. The van der Waals surface area contributed by atoms with Gasteiger partial charge in [-0.25, -0.2) is 13.4 Å². The van der Waals surface area contributed by atoms with Gasteiger partial charge in [0.05, 0.1) is 11.4 Å². The molecule has 1 aromatic carbocycles. The van der Waals surface area contributed by atoms with Gasteiger partial charge in [0.2, 0.25) is 5.89 Å². The van der Waals surface area contributed by atoms with Crippen molar-refractivity contribution >= 4 is 15.6 Å². The Morgan fingerprint density at radius 2 is 1.88 bits per heavy atom. The number of Topliss-reactive ketones (excluding diaryl/α,β-unsaturated/α-hetero) is 1. The molecule has 0 spiro atoms. The van der Waals surface area contributed by atoms with Crippen molar-refractivity contribution in [2.75, 3.05) is 5.75 Å². The smallest absolute Gasteiger partial charge is 0.226 e. The third-order valence-electron chi connectivity index (χ3n) is 4.24. The van der Waals surface area contributed by atoms with Crippen molar-refractivity contribution in [3.63, 3.8) is 0 Å². The highest BCUT2D eigenvalue weighted by molar-refractivity contribution is 7.91. The number of aromatic nitrogens is 1. The molecule has 0 radical (unpaired) electrons. The lowest BCUT2D eigenvalue weighted by molar-refractivity contribution is -0.116. The minimum atomic E-state index is -3.56. The summed E-state index contributed by atoms with van der Waals surface area (Å²) in [6.45, 7) is 7.81. The number of ketones is 1. The highest BCUT2D eigenvalue weighted by Crippen LogP contribution is 2.25. The third-order valence-corrected chi connectivity index (χ3v) is 5.72. The summed E-state index contributed by atoms with van der Waals surface area (Å²) in [6.07, 6.45) is 1.96. The number of aryl methyl sites for hydroxylation is 2. The van der Waals surface area contributed by atoms with Crippen LogP contribution >= 0.6 is 0 Å². The average molecular weight is 378 g/mol. The van der Waals surface area contributed by atoms with E-state index in [-0.39, 0.29) is 11.5 Å². The maximum atomic E-state index is 12.4. The number of rotatable bonds is 9. The first-order valence-electron chi connectivity index (χ1n) is 8.92. The second kappa shape index (κ2) is 8.62. The van der Waals surface area contributed by atoms with Crippen LogP contribution in [-0.2, 0) is 20.4 Å². The van der Waals surface area contributed by atoms with E-state index in [1.54, 1.807) is 6.92 Å². The van der Waals surface area contributed by atoms with E-state index in [4.69, 9.17) is 4.42 Å². The van der Waals surface area contributed by atoms with Crippen molar-refractivity contribution in [2.45, 2.75) is 52.7 Å². The number of nitrogens with zero attached hydrogens (tertiary/aromatic N) is 1. The molecule has 0 amide bonds. The van der Waals surface area contributed by atoms with Crippen LogP contribution in [0.2, 0.25) is 0 Å². The van der Waals surface area contributed by atoms with Crippen LogP contribution in [0.5, 0.6) is 0 Å². The second-order valence-electron chi connectivity index (χ2n) is 7.19. The summed E-state index contributed by atoms with van der Waals surface area (Å²) in [7, 11) is -3.56. The zero-order valence-electron chi connectivity index (χ0n) is 15.9. The Bertz CT molecular complexity index is 866. The van der Waals surface area contributed by atoms with Gasteiger partial charge in [0.15, 0.2) is 9.84 Å². The molecule has 0 N–H and O–H groups in total. The highest BCUT2D eigenvalue weighted by Gasteiger charge is 2.22. The molecule has 0 aliphatic carbocycles. The number of sulfone groups is 1. The number of hydrogen-bond donors (Lipinski definition) is 0. The molecule has 1 heterocycles. The SMILES string of the molecule is Cc1ccccc1-c1nc(CS(=O)(=O)CC(=O)CCCC(C)C)c(C)o1. The Hall–Kier alpha value is -1.95. The predicted molar refractivity (Wildman–Crippen MR) is 103 cm³/mol. The van der Waals surface area contributed by atoms with Crippen LogP contribution < -0.4 is 0 Å². The van der Waals surface area contributed by atoms with Gasteiger partial charge in [-0.1, -0.05) is 38.5 Å². The van der Waals surface area contributed by atoms with Crippen molar-refractivity contribution in [2.24, 2.45) is 5.92 Å². The summed E-state index contributed by atoms with van der Waals surface area (Å²) in [5, 5.41) is 0. The number of carbonyl (C=O) groups excluding carboxylic acids is 1. The molecule has 0 saturated heterocycles. The van der Waals surface area contributed by atoms with Crippen molar-refractivity contribution < 1.29 is 17.6 Å². The van der Waals surface area contributed by atoms with E-state index in [0.29, 0.717) is 29.7 Å². The molecule has 0 saturated carbocycles. The van der Waals surface area contributed by atoms with E-state index in [9.17, 15) is 13.2 Å². The van der Waals surface area contributed by atoms with Crippen LogP contribution in [0.4, 0.5) is 0 Å². The van der Waals surface area contributed by atoms with Crippen LogP contribution in [0.25, 0.3) is 11.5 Å². The Morgan fingerprint density at radius 3 is 2.54 bits per heavy atom. The van der Waals surface area contributed by atoms with E-state index in [1.165, 1.54) is 0 Å². The average Bonchev–Trinajstić information content (AvgIpc) is 2.86. The first kappa shape index (κ1) is 20.4. The topological polar surface area (TPSA) is 77.2 Å². The number of carbonyl (C=O) groups is 1. The molecule has 0 aliphatic heterocycles. The van der Waals surface area contributed by atoms with Crippen molar-refractivity contribution in [1.29, 1.82) is 0 Å². The summed E-state index contributed by atoms with van der Waals surface area (Å²) in [5.41, 5.74) is 2.21. The summed E-state index contributed by atoms with van der Waals surface area (Å²) < 4.78 is 30.4. The van der Waals surface area contributed by atoms with Gasteiger partial charge in [-0.2, -0.15) is 0 Å². The lowest BCUT2D eigenvalue weighted by Crippen LogP contribution is -2.18. The molecule has 2 aromatic rings. The number of oxazole rings is 1. The molecule has 0 unspecified atom stereocenters. The normalized spacial score (nSPS) is 11.9. The zero-order chi connectivity index (χ0) is 19.3. The molecule has 0 bridgehead atoms. The van der Waals surface area contributed by atoms with E-state index >= 15 is 0 Å². The van der Waals surface area contributed by atoms with Crippen LogP contribution in [0.3, 0.4) is 0 Å². The first-order valence-corrected chi connectivity index (χ1v) is 10.7. The van der Waals surface area contributed by atoms with Gasteiger partial charge in [-0.05, 0) is 37.8 Å². The standard InChI is InChI=1S/C20H27NO4S/c1-14(2)8-7-10-17(22)12-26(23,24)13-19-16(4)25-20(21-19)18-11-6-5-9-15(18)3/h5-6,9,11,14H,7-8,10,12-13H2,1-4H3. The quantitative estimate of drug-likeness (QED) is 0.652. The van der Waals surface area contributed by atoms with Gasteiger partial charge >= 0.3 is 0 Å². The fourth-order valence-corrected chi connectivity index (χ4v) is 4.20. The molecule has 5 nitrogen and oxygen atoms in total. The molecular formula is C20H27NO4S. The molecular weight excluding hydrogens is 350 g/mol. The summed E-state index contributed by atoms with van der Waals surface area (Å²) in [4.78, 5) is 16.3. The van der Waals surface area contributed by atoms with Crippen LogP contribution in [0.15, 0.2) is 28.7 Å². The van der Waals surface area contributed by atoms with Crippen molar-refractivity contribution in [1.82, 2.24) is 4.98 Å². The van der Waals surface area contributed by atoms with E-state index in [0.717, 1.165) is 24.0 Å². The molecule has 26 heavy (non-hydrogen) atoms.